The van der Waals surface area contributed by atoms with Crippen LogP contribution in [-0.4, -0.2) is 37.9 Å². The van der Waals surface area contributed by atoms with Gasteiger partial charge in [-0.05, 0) is 42.6 Å². The molecular weight excluding hydrogens is 228 g/mol. The zero-order chi connectivity index (χ0) is 11.9. The predicted molar refractivity (Wildman–Crippen MR) is 67.7 cm³/mol. The number of likely N-dealkylation sites (tertiary alicyclic amines) is 1. The van der Waals surface area contributed by atoms with Crippen LogP contribution in [0.3, 0.4) is 0 Å². The smallest absolute Gasteiger partial charge is 0.231 e. The van der Waals surface area contributed by atoms with Crippen LogP contribution in [0.15, 0.2) is 18.2 Å². The van der Waals surface area contributed by atoms with E-state index in [1.807, 2.05) is 6.07 Å². The highest BCUT2D eigenvalue weighted by molar-refractivity contribution is 5.44. The number of hydrogen-bond acceptors (Lipinski definition) is 4. The van der Waals surface area contributed by atoms with Gasteiger partial charge in [-0.15, -0.1) is 0 Å². The summed E-state index contributed by atoms with van der Waals surface area (Å²) >= 11 is 0. The maximum atomic E-state index is 5.43. The molecule has 0 amide bonds. The van der Waals surface area contributed by atoms with Crippen molar-refractivity contribution in [2.75, 3.05) is 33.0 Å². The number of ether oxygens (including phenoxy) is 2. The summed E-state index contributed by atoms with van der Waals surface area (Å²) in [6.07, 6.45) is 0. The molecule has 0 aliphatic carbocycles. The number of benzene rings is 1. The lowest BCUT2D eigenvalue weighted by atomic mass is 10.0. The molecule has 0 saturated carbocycles. The van der Waals surface area contributed by atoms with E-state index in [2.05, 4.69) is 22.3 Å². The molecule has 4 heteroatoms. The number of fused-ring (bicyclic) bond motifs is 2. The highest BCUT2D eigenvalue weighted by Gasteiger charge is 2.35. The summed E-state index contributed by atoms with van der Waals surface area (Å²) in [5.74, 6) is 3.49. The average molecular weight is 246 g/mol. The van der Waals surface area contributed by atoms with Crippen molar-refractivity contribution in [2.45, 2.75) is 6.54 Å². The molecule has 4 rings (SSSR count). The van der Waals surface area contributed by atoms with Gasteiger partial charge in [0.1, 0.15) is 0 Å². The molecule has 0 aromatic heterocycles. The largest absolute Gasteiger partial charge is 0.454 e. The molecule has 2 unspecified atom stereocenters. The summed E-state index contributed by atoms with van der Waals surface area (Å²) in [5.41, 5.74) is 1.33. The van der Waals surface area contributed by atoms with Crippen LogP contribution in [0.2, 0.25) is 0 Å². The quantitative estimate of drug-likeness (QED) is 0.846. The summed E-state index contributed by atoms with van der Waals surface area (Å²) in [6, 6.07) is 6.30. The Labute approximate surface area is 107 Å². The first-order valence-electron chi connectivity index (χ1n) is 6.70. The van der Waals surface area contributed by atoms with Gasteiger partial charge in [-0.3, -0.25) is 4.90 Å². The van der Waals surface area contributed by atoms with Crippen molar-refractivity contribution in [3.05, 3.63) is 23.8 Å². The zero-order valence-corrected chi connectivity index (χ0v) is 10.4. The van der Waals surface area contributed by atoms with Gasteiger partial charge in [0.2, 0.25) is 6.79 Å². The van der Waals surface area contributed by atoms with Gasteiger partial charge < -0.3 is 14.8 Å². The Kier molecular flexibility index (Phi) is 2.45. The zero-order valence-electron chi connectivity index (χ0n) is 10.4. The molecule has 2 saturated heterocycles. The van der Waals surface area contributed by atoms with E-state index >= 15 is 0 Å². The van der Waals surface area contributed by atoms with Crippen molar-refractivity contribution in [3.63, 3.8) is 0 Å². The van der Waals surface area contributed by atoms with Crippen molar-refractivity contribution in [3.8, 4) is 11.5 Å². The van der Waals surface area contributed by atoms with Gasteiger partial charge in [0.25, 0.3) is 0 Å². The molecule has 18 heavy (non-hydrogen) atoms. The lowest BCUT2D eigenvalue weighted by Crippen LogP contribution is -2.25. The molecule has 0 spiro atoms. The Balaban J connectivity index is 1.46. The summed E-state index contributed by atoms with van der Waals surface area (Å²) < 4.78 is 10.8. The van der Waals surface area contributed by atoms with Crippen molar-refractivity contribution >= 4 is 0 Å². The Bertz CT molecular complexity index is 451. The van der Waals surface area contributed by atoms with Crippen LogP contribution in [0.25, 0.3) is 0 Å². The number of nitrogens with zero attached hydrogens (tertiary/aromatic N) is 1. The molecule has 0 bridgehead atoms. The summed E-state index contributed by atoms with van der Waals surface area (Å²) in [7, 11) is 0. The van der Waals surface area contributed by atoms with Gasteiger partial charge in [-0.1, -0.05) is 6.07 Å². The summed E-state index contributed by atoms with van der Waals surface area (Å²) in [4.78, 5) is 2.56. The standard InChI is InChI=1S/C14H18N2O2/c1-2-13-14(18-9-17-13)3-10(1)6-16-7-11-4-15-5-12(11)8-16/h1-3,11-12,15H,4-9H2. The molecule has 0 radical (unpaired) electrons. The first kappa shape index (κ1) is 10.6. The van der Waals surface area contributed by atoms with Crippen molar-refractivity contribution in [2.24, 2.45) is 11.8 Å². The number of nitrogens with one attached hydrogen (secondary N) is 1. The van der Waals surface area contributed by atoms with Crippen LogP contribution in [0.4, 0.5) is 0 Å². The molecule has 3 heterocycles. The minimum atomic E-state index is 0.359. The Morgan fingerprint density at radius 1 is 1.11 bits per heavy atom. The van der Waals surface area contributed by atoms with Crippen LogP contribution in [0.1, 0.15) is 5.56 Å². The van der Waals surface area contributed by atoms with E-state index in [-0.39, 0.29) is 0 Å². The van der Waals surface area contributed by atoms with E-state index in [4.69, 9.17) is 9.47 Å². The molecule has 3 aliphatic rings. The van der Waals surface area contributed by atoms with Gasteiger partial charge in [0.05, 0.1) is 0 Å². The number of hydrogen-bond donors (Lipinski definition) is 1. The Morgan fingerprint density at radius 2 is 1.89 bits per heavy atom. The second kappa shape index (κ2) is 4.14. The summed E-state index contributed by atoms with van der Waals surface area (Å²) in [6.45, 7) is 6.24. The van der Waals surface area contributed by atoms with Crippen molar-refractivity contribution in [1.29, 1.82) is 0 Å². The fraction of sp³-hybridized carbons (Fsp3) is 0.571. The van der Waals surface area contributed by atoms with E-state index in [0.29, 0.717) is 6.79 Å². The molecular formula is C14H18N2O2. The highest BCUT2D eigenvalue weighted by Crippen LogP contribution is 2.34. The summed E-state index contributed by atoms with van der Waals surface area (Å²) in [5, 5.41) is 3.48. The minimum absolute atomic E-state index is 0.359. The Morgan fingerprint density at radius 3 is 2.72 bits per heavy atom. The highest BCUT2D eigenvalue weighted by atomic mass is 16.7. The van der Waals surface area contributed by atoms with Gasteiger partial charge in [0, 0.05) is 19.6 Å². The minimum Gasteiger partial charge on any atom is -0.454 e. The molecule has 1 aromatic rings. The van der Waals surface area contributed by atoms with Crippen LogP contribution in [-0.2, 0) is 6.54 Å². The third kappa shape index (κ3) is 1.76. The third-order valence-electron chi connectivity index (χ3n) is 4.31. The second-order valence-electron chi connectivity index (χ2n) is 5.56. The first-order valence-corrected chi connectivity index (χ1v) is 6.70. The van der Waals surface area contributed by atoms with E-state index < -0.39 is 0 Å². The molecule has 2 atom stereocenters. The number of rotatable bonds is 2. The lowest BCUT2D eigenvalue weighted by molar-refractivity contribution is 0.174. The van der Waals surface area contributed by atoms with Crippen molar-refractivity contribution in [1.82, 2.24) is 10.2 Å². The van der Waals surface area contributed by atoms with Crippen LogP contribution < -0.4 is 14.8 Å². The van der Waals surface area contributed by atoms with E-state index in [0.717, 1.165) is 29.9 Å². The fourth-order valence-corrected chi connectivity index (χ4v) is 3.38. The van der Waals surface area contributed by atoms with E-state index in [1.54, 1.807) is 0 Å². The molecule has 3 aliphatic heterocycles. The van der Waals surface area contributed by atoms with Crippen molar-refractivity contribution < 1.29 is 9.47 Å². The van der Waals surface area contributed by atoms with Crippen LogP contribution >= 0.6 is 0 Å². The first-order chi connectivity index (χ1) is 8.88. The SMILES string of the molecule is c1cc2c(cc1CN1CC3CNCC3C1)OCO2. The average Bonchev–Trinajstić information content (AvgIpc) is 3.02. The monoisotopic (exact) mass is 246 g/mol. The van der Waals surface area contributed by atoms with Gasteiger partial charge >= 0.3 is 0 Å². The van der Waals surface area contributed by atoms with Gasteiger partial charge in [-0.2, -0.15) is 0 Å². The molecule has 1 aromatic carbocycles. The second-order valence-corrected chi connectivity index (χ2v) is 5.56. The normalized spacial score (nSPS) is 29.8. The predicted octanol–water partition coefficient (Wildman–Crippen LogP) is 1.07. The molecule has 1 N–H and O–H groups in total. The topological polar surface area (TPSA) is 33.7 Å². The Hall–Kier alpha value is -1.26. The molecule has 4 nitrogen and oxygen atoms in total. The van der Waals surface area contributed by atoms with E-state index in [9.17, 15) is 0 Å². The fourth-order valence-electron chi connectivity index (χ4n) is 3.38. The van der Waals surface area contributed by atoms with E-state index in [1.165, 1.54) is 31.7 Å². The molecule has 96 valence electrons. The van der Waals surface area contributed by atoms with Crippen LogP contribution in [0, 0.1) is 11.8 Å². The maximum absolute atomic E-state index is 5.43. The van der Waals surface area contributed by atoms with Gasteiger partial charge in [-0.25, -0.2) is 0 Å². The molecule has 2 fully saturated rings. The maximum Gasteiger partial charge on any atom is 0.231 e. The van der Waals surface area contributed by atoms with Crippen LogP contribution in [0.5, 0.6) is 11.5 Å². The third-order valence-corrected chi connectivity index (χ3v) is 4.31. The van der Waals surface area contributed by atoms with Gasteiger partial charge in [0.15, 0.2) is 11.5 Å². The lowest BCUT2D eigenvalue weighted by Gasteiger charge is -2.17.